The molecular weight excluding hydrogens is 526 g/mol. The van der Waals surface area contributed by atoms with E-state index in [4.69, 9.17) is 14.2 Å². The number of methoxy groups -OCH3 is 2. The van der Waals surface area contributed by atoms with Gasteiger partial charge in [-0.1, -0.05) is 29.5 Å². The predicted molar refractivity (Wildman–Crippen MR) is 155 cm³/mol. The Labute approximate surface area is 236 Å². The number of ether oxygens (including phenoxy) is 3. The summed E-state index contributed by atoms with van der Waals surface area (Å²) >= 11 is 1.29. The smallest absolute Gasteiger partial charge is 0.338 e. The Morgan fingerprint density at radius 2 is 1.80 bits per heavy atom. The van der Waals surface area contributed by atoms with Gasteiger partial charge in [-0.2, -0.15) is 0 Å². The van der Waals surface area contributed by atoms with Crippen molar-refractivity contribution in [2.24, 2.45) is 4.99 Å². The molecule has 1 atom stereocenters. The van der Waals surface area contributed by atoms with Crippen molar-refractivity contribution in [1.29, 1.82) is 0 Å². The molecule has 5 rings (SSSR count). The van der Waals surface area contributed by atoms with Gasteiger partial charge in [-0.3, -0.25) is 9.36 Å². The Morgan fingerprint density at radius 1 is 1.05 bits per heavy atom. The molecule has 0 unspecified atom stereocenters. The van der Waals surface area contributed by atoms with E-state index in [9.17, 15) is 9.59 Å². The quantitative estimate of drug-likeness (QED) is 0.318. The topological polar surface area (TPSA) is 84.1 Å². The number of esters is 1. The molecule has 3 heterocycles. The zero-order chi connectivity index (χ0) is 28.6. The Bertz CT molecular complexity index is 1810. The number of aryl methyl sites for hydroxylation is 1. The summed E-state index contributed by atoms with van der Waals surface area (Å²) in [5, 5.41) is 0. The number of thiazole rings is 1. The van der Waals surface area contributed by atoms with Crippen LogP contribution in [0.3, 0.4) is 0 Å². The molecule has 2 aromatic carbocycles. The SMILES string of the molecule is CCOC(=O)C1=C(C)N=c2s/c(=C/c3cc(C)n(-c4ccccc4)c3C)c(=O)n2[C@@H]1c1cc(OC)ccc1OC. The fraction of sp³-hybridized carbons (Fsp3) is 0.258. The van der Waals surface area contributed by atoms with Crippen LogP contribution in [0, 0.1) is 13.8 Å². The second kappa shape index (κ2) is 11.0. The highest BCUT2D eigenvalue weighted by atomic mass is 32.1. The van der Waals surface area contributed by atoms with Crippen LogP contribution < -0.4 is 24.4 Å². The van der Waals surface area contributed by atoms with E-state index in [-0.39, 0.29) is 17.7 Å². The van der Waals surface area contributed by atoms with Gasteiger partial charge in [-0.05, 0) is 75.7 Å². The number of carbonyl (C=O) groups excluding carboxylic acids is 1. The van der Waals surface area contributed by atoms with Gasteiger partial charge in [0.2, 0.25) is 0 Å². The lowest BCUT2D eigenvalue weighted by Crippen LogP contribution is -2.40. The highest BCUT2D eigenvalue weighted by Gasteiger charge is 2.35. The molecule has 0 N–H and O–H groups in total. The standard InChI is InChI=1S/C31H31N3O5S/c1-7-39-30(36)27-19(3)32-31-34(28(27)24-17-23(37-5)13-14-25(24)38-6)29(35)26(40-31)16-21-15-18(2)33(20(21)4)22-11-9-8-10-12-22/h8-17,28H,7H2,1-6H3/b26-16+/t28-/m1/s1. The third kappa shape index (κ3) is 4.66. The van der Waals surface area contributed by atoms with E-state index in [1.165, 1.54) is 11.3 Å². The number of hydrogen-bond acceptors (Lipinski definition) is 7. The monoisotopic (exact) mass is 557 g/mol. The molecule has 0 saturated heterocycles. The third-order valence-corrected chi connectivity index (χ3v) is 8.00. The average molecular weight is 558 g/mol. The van der Waals surface area contributed by atoms with Gasteiger partial charge in [0.05, 0.1) is 36.6 Å². The van der Waals surface area contributed by atoms with Gasteiger partial charge in [-0.15, -0.1) is 0 Å². The van der Waals surface area contributed by atoms with Crippen molar-refractivity contribution in [2.75, 3.05) is 20.8 Å². The first kappa shape index (κ1) is 27.2. The number of hydrogen-bond donors (Lipinski definition) is 0. The van der Waals surface area contributed by atoms with Crippen LogP contribution in [0.1, 0.15) is 42.4 Å². The summed E-state index contributed by atoms with van der Waals surface area (Å²) in [5.41, 5.74) is 5.19. The van der Waals surface area contributed by atoms with Gasteiger partial charge in [0.25, 0.3) is 5.56 Å². The minimum atomic E-state index is -0.806. The minimum Gasteiger partial charge on any atom is -0.497 e. The number of allylic oxidation sites excluding steroid dienone is 1. The first-order valence-electron chi connectivity index (χ1n) is 12.9. The van der Waals surface area contributed by atoms with Crippen LogP contribution in [-0.4, -0.2) is 35.9 Å². The van der Waals surface area contributed by atoms with Crippen molar-refractivity contribution >= 4 is 23.4 Å². The fourth-order valence-electron chi connectivity index (χ4n) is 5.19. The molecule has 1 aliphatic heterocycles. The summed E-state index contributed by atoms with van der Waals surface area (Å²) in [6.07, 6.45) is 1.90. The number of aromatic nitrogens is 2. The van der Waals surface area contributed by atoms with Crippen molar-refractivity contribution in [3.8, 4) is 17.2 Å². The summed E-state index contributed by atoms with van der Waals surface area (Å²) in [6, 6.07) is 16.7. The van der Waals surface area contributed by atoms with Crippen LogP contribution in [0.25, 0.3) is 11.8 Å². The molecule has 0 fully saturated rings. The molecule has 9 heteroatoms. The molecule has 0 radical (unpaired) electrons. The lowest BCUT2D eigenvalue weighted by Gasteiger charge is -2.26. The van der Waals surface area contributed by atoms with Crippen LogP contribution in [0.4, 0.5) is 0 Å². The molecule has 0 bridgehead atoms. The molecule has 0 spiro atoms. The Hall–Kier alpha value is -4.37. The number of fused-ring (bicyclic) bond motifs is 1. The van der Waals surface area contributed by atoms with Crippen LogP contribution >= 0.6 is 11.3 Å². The number of nitrogens with zero attached hydrogens (tertiary/aromatic N) is 3. The Balaban J connectivity index is 1.74. The molecule has 0 aliphatic carbocycles. The molecule has 2 aromatic heterocycles. The van der Waals surface area contributed by atoms with Crippen molar-refractivity contribution < 1.29 is 19.0 Å². The maximum atomic E-state index is 14.1. The summed E-state index contributed by atoms with van der Waals surface area (Å²) < 4.78 is 20.8. The Morgan fingerprint density at radius 3 is 2.48 bits per heavy atom. The molecule has 4 aromatic rings. The fourth-order valence-corrected chi connectivity index (χ4v) is 6.23. The molecule has 1 aliphatic rings. The van der Waals surface area contributed by atoms with E-state index in [1.54, 1.807) is 50.8 Å². The molecule has 206 valence electrons. The van der Waals surface area contributed by atoms with E-state index in [1.807, 2.05) is 38.1 Å². The van der Waals surface area contributed by atoms with E-state index >= 15 is 0 Å². The van der Waals surface area contributed by atoms with Gasteiger partial charge in [-0.25, -0.2) is 9.79 Å². The van der Waals surface area contributed by atoms with Crippen LogP contribution in [-0.2, 0) is 9.53 Å². The summed E-state index contributed by atoms with van der Waals surface area (Å²) in [6.45, 7) is 7.78. The minimum absolute atomic E-state index is 0.193. The van der Waals surface area contributed by atoms with Crippen molar-refractivity contribution in [3.63, 3.8) is 0 Å². The molecular formula is C31H31N3O5S. The van der Waals surface area contributed by atoms with Crippen LogP contribution in [0.2, 0.25) is 0 Å². The Kier molecular flexibility index (Phi) is 7.49. The van der Waals surface area contributed by atoms with Gasteiger partial charge in [0.1, 0.15) is 17.5 Å². The molecule has 40 heavy (non-hydrogen) atoms. The van der Waals surface area contributed by atoms with E-state index in [0.717, 1.165) is 22.6 Å². The number of carbonyl (C=O) groups is 1. The second-order valence-corrected chi connectivity index (χ2v) is 10.4. The van der Waals surface area contributed by atoms with Crippen LogP contribution in [0.15, 0.2) is 75.7 Å². The average Bonchev–Trinajstić information content (AvgIpc) is 3.41. The van der Waals surface area contributed by atoms with E-state index in [0.29, 0.717) is 32.1 Å². The highest BCUT2D eigenvalue weighted by molar-refractivity contribution is 7.07. The first-order valence-corrected chi connectivity index (χ1v) is 13.8. The normalized spacial score (nSPS) is 15.1. The lowest BCUT2D eigenvalue weighted by atomic mass is 9.94. The summed E-state index contributed by atoms with van der Waals surface area (Å²) in [5.74, 6) is 0.562. The van der Waals surface area contributed by atoms with Crippen molar-refractivity contribution in [3.05, 3.63) is 108 Å². The molecule has 0 saturated carbocycles. The zero-order valence-electron chi connectivity index (χ0n) is 23.3. The number of para-hydroxylation sites is 1. The van der Waals surface area contributed by atoms with Gasteiger partial charge in [0.15, 0.2) is 4.80 Å². The molecule has 0 amide bonds. The van der Waals surface area contributed by atoms with Gasteiger partial charge < -0.3 is 18.8 Å². The lowest BCUT2D eigenvalue weighted by molar-refractivity contribution is -0.139. The predicted octanol–water partition coefficient (Wildman–Crippen LogP) is 4.22. The van der Waals surface area contributed by atoms with Crippen molar-refractivity contribution in [1.82, 2.24) is 9.13 Å². The largest absolute Gasteiger partial charge is 0.497 e. The summed E-state index contributed by atoms with van der Waals surface area (Å²) in [7, 11) is 3.12. The second-order valence-electron chi connectivity index (χ2n) is 9.41. The maximum absolute atomic E-state index is 14.1. The number of benzene rings is 2. The zero-order valence-corrected chi connectivity index (χ0v) is 24.2. The molecule has 8 nitrogen and oxygen atoms in total. The highest BCUT2D eigenvalue weighted by Crippen LogP contribution is 2.37. The number of rotatable bonds is 7. The van der Waals surface area contributed by atoms with E-state index < -0.39 is 12.0 Å². The van der Waals surface area contributed by atoms with E-state index in [2.05, 4.69) is 27.8 Å². The van der Waals surface area contributed by atoms with Gasteiger partial charge >= 0.3 is 5.97 Å². The maximum Gasteiger partial charge on any atom is 0.338 e. The third-order valence-electron chi connectivity index (χ3n) is 7.02. The first-order chi connectivity index (χ1) is 19.3. The van der Waals surface area contributed by atoms with Crippen LogP contribution in [0.5, 0.6) is 11.5 Å². The van der Waals surface area contributed by atoms with Crippen molar-refractivity contribution in [2.45, 2.75) is 33.7 Å². The van der Waals surface area contributed by atoms with Gasteiger partial charge in [0, 0.05) is 22.6 Å². The summed E-state index contributed by atoms with van der Waals surface area (Å²) in [4.78, 5) is 32.5.